The molecule has 53 valence electrons. The van der Waals surface area contributed by atoms with Crippen LogP contribution in [0, 0.1) is 6.42 Å². The van der Waals surface area contributed by atoms with Crippen molar-refractivity contribution < 1.29 is 8.42 Å². The van der Waals surface area contributed by atoms with Crippen LogP contribution in [0.5, 0.6) is 0 Å². The lowest BCUT2D eigenvalue weighted by molar-refractivity contribution is 0.552. The molecule has 1 aliphatic rings. The summed E-state index contributed by atoms with van der Waals surface area (Å²) in [7, 11) is -2.15. The number of thiol groups is 1. The molecule has 9 heavy (non-hydrogen) atoms. The number of hydrogen-bond donors (Lipinski definition) is 1. The summed E-state index contributed by atoms with van der Waals surface area (Å²) in [5.41, 5.74) is 0. The fourth-order valence-corrected chi connectivity index (χ4v) is 1.83. The van der Waals surface area contributed by atoms with Crippen LogP contribution >= 0.6 is 0 Å². The van der Waals surface area contributed by atoms with Gasteiger partial charge in [0.15, 0.2) is 0 Å². The minimum absolute atomic E-state index is 0.0475. The summed E-state index contributed by atoms with van der Waals surface area (Å²) in [5.74, 6) is 0. The van der Waals surface area contributed by atoms with E-state index in [2.05, 4.69) is 6.42 Å². The zero-order valence-electron chi connectivity index (χ0n) is 5.25. The van der Waals surface area contributed by atoms with Gasteiger partial charge in [0.05, 0.1) is 5.25 Å². The van der Waals surface area contributed by atoms with Gasteiger partial charge in [-0.2, -0.15) is 0 Å². The van der Waals surface area contributed by atoms with Crippen LogP contribution in [0.1, 0.15) is 25.7 Å². The third-order valence-corrected chi connectivity index (χ3v) is 2.75. The van der Waals surface area contributed by atoms with E-state index in [1.54, 1.807) is 0 Å². The molecule has 0 bridgehead atoms. The van der Waals surface area contributed by atoms with Gasteiger partial charge in [0.25, 0.3) is 0 Å². The van der Waals surface area contributed by atoms with Gasteiger partial charge < -0.3 is 0 Å². The Kier molecular flexibility index (Phi) is 2.51. The highest BCUT2D eigenvalue weighted by Gasteiger charge is 2.14. The van der Waals surface area contributed by atoms with Crippen molar-refractivity contribution in [1.29, 1.82) is 0 Å². The first-order valence-electron chi connectivity index (χ1n) is 3.26. The summed E-state index contributed by atoms with van der Waals surface area (Å²) in [5, 5.41) is -0.0475. The molecule has 0 aromatic rings. The van der Waals surface area contributed by atoms with Crippen LogP contribution in [0.4, 0.5) is 0 Å². The summed E-state index contributed by atoms with van der Waals surface area (Å²) in [6, 6.07) is 0. The highest BCUT2D eigenvalue weighted by molar-refractivity contribution is 7.73. The third kappa shape index (κ3) is 1.97. The molecule has 1 saturated carbocycles. The molecule has 1 aliphatic carbocycles. The van der Waals surface area contributed by atoms with E-state index < -0.39 is 10.7 Å². The lowest BCUT2D eigenvalue weighted by Gasteiger charge is -2.14. The molecule has 0 amide bonds. The van der Waals surface area contributed by atoms with E-state index in [9.17, 15) is 8.42 Å². The average Bonchev–Trinajstić information content (AvgIpc) is 1.90. The molecule has 0 saturated heterocycles. The van der Waals surface area contributed by atoms with Crippen LogP contribution in [0.15, 0.2) is 0 Å². The Hall–Kier alpha value is -0.0500. The Morgan fingerprint density at radius 2 is 2.22 bits per heavy atom. The predicted octanol–water partition coefficient (Wildman–Crippen LogP) is 0.745. The SMILES string of the molecule is O=[SH](=O)C1C[CH]CCC1. The summed E-state index contributed by atoms with van der Waals surface area (Å²) < 4.78 is 20.7. The second kappa shape index (κ2) is 3.20. The maximum absolute atomic E-state index is 10.4. The molecule has 0 aromatic carbocycles. The monoisotopic (exact) mass is 147 g/mol. The molecule has 0 aliphatic heterocycles. The minimum Gasteiger partial charge on any atom is -0.232 e. The van der Waals surface area contributed by atoms with Gasteiger partial charge >= 0.3 is 0 Å². The number of rotatable bonds is 1. The largest absolute Gasteiger partial charge is 0.232 e. The Morgan fingerprint density at radius 3 is 2.56 bits per heavy atom. The molecule has 0 spiro atoms. The molecule has 1 unspecified atom stereocenters. The van der Waals surface area contributed by atoms with Gasteiger partial charge in [0.1, 0.15) is 10.7 Å². The average molecular weight is 147 g/mol. The topological polar surface area (TPSA) is 34.1 Å². The van der Waals surface area contributed by atoms with Crippen molar-refractivity contribution >= 4 is 10.7 Å². The molecule has 2 nitrogen and oxygen atoms in total. The molecule has 1 atom stereocenters. The van der Waals surface area contributed by atoms with Crippen molar-refractivity contribution in [3.63, 3.8) is 0 Å². The van der Waals surface area contributed by atoms with E-state index in [0.717, 1.165) is 25.7 Å². The van der Waals surface area contributed by atoms with Gasteiger partial charge in [0.2, 0.25) is 0 Å². The van der Waals surface area contributed by atoms with Gasteiger partial charge in [-0.25, -0.2) is 8.42 Å². The quantitative estimate of drug-likeness (QED) is 0.555. The van der Waals surface area contributed by atoms with Crippen LogP contribution in [0.2, 0.25) is 0 Å². The summed E-state index contributed by atoms with van der Waals surface area (Å²) >= 11 is 0. The van der Waals surface area contributed by atoms with Gasteiger partial charge in [-0.15, -0.1) is 0 Å². The Bertz CT molecular complexity index is 137. The maximum atomic E-state index is 10.4. The zero-order valence-corrected chi connectivity index (χ0v) is 6.14. The first-order chi connectivity index (χ1) is 4.30. The van der Waals surface area contributed by atoms with Crippen molar-refractivity contribution in [3.8, 4) is 0 Å². The highest BCUT2D eigenvalue weighted by Crippen LogP contribution is 2.18. The summed E-state index contributed by atoms with van der Waals surface area (Å²) in [6.07, 6.45) is 5.86. The third-order valence-electron chi connectivity index (χ3n) is 1.68. The van der Waals surface area contributed by atoms with E-state index in [0.29, 0.717) is 0 Å². The van der Waals surface area contributed by atoms with Crippen molar-refractivity contribution in [2.75, 3.05) is 0 Å². The predicted molar refractivity (Wildman–Crippen MR) is 36.9 cm³/mol. The van der Waals surface area contributed by atoms with Gasteiger partial charge in [-0.3, -0.25) is 0 Å². The van der Waals surface area contributed by atoms with Crippen LogP contribution in [0.3, 0.4) is 0 Å². The smallest absolute Gasteiger partial charge is 0.143 e. The number of hydrogen-bond acceptors (Lipinski definition) is 2. The fourth-order valence-electron chi connectivity index (χ4n) is 1.12. The fraction of sp³-hybridized carbons (Fsp3) is 0.833. The molecule has 0 aromatic heterocycles. The van der Waals surface area contributed by atoms with Crippen LogP contribution < -0.4 is 0 Å². The Morgan fingerprint density at radius 1 is 1.44 bits per heavy atom. The maximum Gasteiger partial charge on any atom is 0.143 e. The highest BCUT2D eigenvalue weighted by atomic mass is 32.2. The Balaban J connectivity index is 2.40. The van der Waals surface area contributed by atoms with Crippen molar-refractivity contribution in [3.05, 3.63) is 6.42 Å². The van der Waals surface area contributed by atoms with Gasteiger partial charge in [-0.05, 0) is 19.3 Å². The van der Waals surface area contributed by atoms with Gasteiger partial charge in [0, 0.05) is 0 Å². The molecule has 1 radical (unpaired) electrons. The van der Waals surface area contributed by atoms with Crippen LogP contribution in [-0.2, 0) is 10.7 Å². The molecule has 1 rings (SSSR count). The first kappa shape index (κ1) is 7.06. The van der Waals surface area contributed by atoms with E-state index in [-0.39, 0.29) is 5.25 Å². The van der Waals surface area contributed by atoms with Crippen LogP contribution in [0.25, 0.3) is 0 Å². The molecule has 0 heterocycles. The second-order valence-corrected chi connectivity index (χ2v) is 3.70. The lowest BCUT2D eigenvalue weighted by atomic mass is 10.0. The Labute approximate surface area is 57.2 Å². The molecular weight excluding hydrogens is 136 g/mol. The normalized spacial score (nSPS) is 22.8. The van der Waals surface area contributed by atoms with Crippen molar-refractivity contribution in [2.45, 2.75) is 30.9 Å². The standard InChI is InChI=1S/C6H11O2S/c7-9(8)6-4-2-1-3-5-6/h2,6,9H,1,3-5H2. The second-order valence-electron chi connectivity index (χ2n) is 2.39. The summed E-state index contributed by atoms with van der Waals surface area (Å²) in [4.78, 5) is 0. The minimum atomic E-state index is -2.15. The molecule has 3 heteroatoms. The summed E-state index contributed by atoms with van der Waals surface area (Å²) in [6.45, 7) is 0. The van der Waals surface area contributed by atoms with E-state index in [4.69, 9.17) is 0 Å². The molecule has 0 N–H and O–H groups in total. The zero-order chi connectivity index (χ0) is 6.69. The molecule has 1 fully saturated rings. The van der Waals surface area contributed by atoms with Crippen molar-refractivity contribution in [2.24, 2.45) is 0 Å². The lowest BCUT2D eigenvalue weighted by Crippen LogP contribution is -2.13. The van der Waals surface area contributed by atoms with Crippen LogP contribution in [-0.4, -0.2) is 13.7 Å². The van der Waals surface area contributed by atoms with E-state index in [1.165, 1.54) is 0 Å². The van der Waals surface area contributed by atoms with Gasteiger partial charge in [-0.1, -0.05) is 12.8 Å². The van der Waals surface area contributed by atoms with Crippen molar-refractivity contribution in [1.82, 2.24) is 0 Å². The van der Waals surface area contributed by atoms with E-state index >= 15 is 0 Å². The first-order valence-corrected chi connectivity index (χ1v) is 4.50. The molecular formula is C6H11O2S. The van der Waals surface area contributed by atoms with E-state index in [1.807, 2.05) is 0 Å².